The number of hydrogen-bond donors (Lipinski definition) is 1. The normalized spacial score (nSPS) is 18.0. The predicted octanol–water partition coefficient (Wildman–Crippen LogP) is 4.93. The zero-order valence-corrected chi connectivity index (χ0v) is 18.4. The van der Waals surface area contributed by atoms with Gasteiger partial charge in [0.1, 0.15) is 34.8 Å². The van der Waals surface area contributed by atoms with E-state index in [9.17, 15) is 14.7 Å². The maximum absolute atomic E-state index is 13.1. The Morgan fingerprint density at radius 2 is 1.97 bits per heavy atom. The average Bonchev–Trinajstić information content (AvgIpc) is 3.50. The number of ketones is 1. The number of rotatable bonds is 6. The maximum Gasteiger partial charge on any atom is 0.296 e. The topological polar surface area (TPSA) is 93.1 Å². The highest BCUT2D eigenvalue weighted by atomic mass is 16.5. The molecule has 1 aromatic carbocycles. The average molecular weight is 435 g/mol. The number of likely N-dealkylation sites (tertiary alicyclic amines) is 1. The molecule has 1 N–H and O–H groups in total. The molecule has 1 aliphatic rings. The van der Waals surface area contributed by atoms with E-state index in [0.29, 0.717) is 28.6 Å². The van der Waals surface area contributed by atoms with Crippen molar-refractivity contribution in [1.29, 1.82) is 0 Å². The number of ether oxygens (including phenoxy) is 1. The number of amides is 1. The molecule has 4 rings (SSSR count). The van der Waals surface area contributed by atoms with E-state index < -0.39 is 17.7 Å². The Balaban J connectivity index is 1.86. The van der Waals surface area contributed by atoms with Crippen molar-refractivity contribution in [3.05, 3.63) is 82.7 Å². The Labute approximate surface area is 185 Å². The van der Waals surface area contributed by atoms with Gasteiger partial charge >= 0.3 is 0 Å². The molecule has 7 heteroatoms. The van der Waals surface area contributed by atoms with Gasteiger partial charge in [0.2, 0.25) is 0 Å². The van der Waals surface area contributed by atoms with Crippen molar-refractivity contribution in [3.63, 3.8) is 0 Å². The third-order valence-corrected chi connectivity index (χ3v) is 5.60. The number of benzene rings is 1. The SMILES string of the molecule is COc1ccc(/C(O)=C2/C(=O)C(=O)N(Cc3ccco3)C2c2ccc(C)o2)cc1C(C)C. The number of methoxy groups -OCH3 is 1. The van der Waals surface area contributed by atoms with Crippen LogP contribution in [0.5, 0.6) is 5.75 Å². The van der Waals surface area contributed by atoms with Gasteiger partial charge in [0.25, 0.3) is 11.7 Å². The van der Waals surface area contributed by atoms with Gasteiger partial charge in [-0.3, -0.25) is 9.59 Å². The molecule has 0 spiro atoms. The third-order valence-electron chi connectivity index (χ3n) is 5.60. The fraction of sp³-hybridized carbons (Fsp3) is 0.280. The van der Waals surface area contributed by atoms with E-state index in [1.807, 2.05) is 13.8 Å². The second-order valence-corrected chi connectivity index (χ2v) is 8.07. The molecule has 0 bridgehead atoms. The number of carbonyl (C=O) groups is 2. The van der Waals surface area contributed by atoms with E-state index in [1.54, 1.807) is 56.5 Å². The Kier molecular flexibility index (Phi) is 5.65. The van der Waals surface area contributed by atoms with Crippen LogP contribution in [-0.4, -0.2) is 28.8 Å². The Morgan fingerprint density at radius 3 is 2.56 bits per heavy atom. The molecule has 1 aliphatic heterocycles. The fourth-order valence-corrected chi connectivity index (χ4v) is 4.00. The van der Waals surface area contributed by atoms with Crippen molar-refractivity contribution in [2.45, 2.75) is 39.3 Å². The molecule has 3 heterocycles. The van der Waals surface area contributed by atoms with Crippen LogP contribution in [0.4, 0.5) is 0 Å². The minimum absolute atomic E-state index is 0.0178. The zero-order valence-electron chi connectivity index (χ0n) is 18.4. The summed E-state index contributed by atoms with van der Waals surface area (Å²) in [4.78, 5) is 27.4. The standard InChI is InChI=1S/C25H25NO6/c1-14(2)18-12-16(8-10-19(18)30-4)23(27)21-22(20-9-7-15(3)32-20)26(25(29)24(21)28)13-17-6-5-11-31-17/h5-12,14,22,27H,13H2,1-4H3/b23-21-. The summed E-state index contributed by atoms with van der Waals surface area (Å²) < 4.78 is 16.6. The molecule has 1 atom stereocenters. The molecule has 32 heavy (non-hydrogen) atoms. The molecular weight excluding hydrogens is 410 g/mol. The van der Waals surface area contributed by atoms with Crippen LogP contribution < -0.4 is 4.74 Å². The number of nitrogens with zero attached hydrogens (tertiary/aromatic N) is 1. The van der Waals surface area contributed by atoms with E-state index in [4.69, 9.17) is 13.6 Å². The maximum atomic E-state index is 13.1. The van der Waals surface area contributed by atoms with Gasteiger partial charge < -0.3 is 23.6 Å². The second-order valence-electron chi connectivity index (χ2n) is 8.07. The summed E-state index contributed by atoms with van der Waals surface area (Å²) in [5.41, 5.74) is 1.29. The lowest BCUT2D eigenvalue weighted by molar-refractivity contribution is -0.140. The Morgan fingerprint density at radius 1 is 1.19 bits per heavy atom. The first-order valence-electron chi connectivity index (χ1n) is 10.4. The number of Topliss-reactive ketones (excluding diaryl/α,β-unsaturated/α-hetero) is 1. The number of aryl methyl sites for hydroxylation is 1. The lowest BCUT2D eigenvalue weighted by Crippen LogP contribution is -2.28. The number of hydrogen-bond acceptors (Lipinski definition) is 6. The second kappa shape index (κ2) is 8.42. The zero-order chi connectivity index (χ0) is 23.0. The minimum atomic E-state index is -0.876. The van der Waals surface area contributed by atoms with Crippen LogP contribution in [0.2, 0.25) is 0 Å². The first-order valence-corrected chi connectivity index (χ1v) is 10.4. The summed E-state index contributed by atoms with van der Waals surface area (Å²) in [7, 11) is 1.58. The van der Waals surface area contributed by atoms with Crippen LogP contribution in [0.1, 0.15) is 54.2 Å². The van der Waals surface area contributed by atoms with Crippen molar-refractivity contribution >= 4 is 17.4 Å². The van der Waals surface area contributed by atoms with E-state index in [1.165, 1.54) is 11.2 Å². The van der Waals surface area contributed by atoms with Gasteiger partial charge in [0.15, 0.2) is 0 Å². The molecule has 1 unspecified atom stereocenters. The third kappa shape index (κ3) is 3.70. The predicted molar refractivity (Wildman–Crippen MR) is 117 cm³/mol. The quantitative estimate of drug-likeness (QED) is 0.335. The van der Waals surface area contributed by atoms with Gasteiger partial charge in [0, 0.05) is 5.56 Å². The molecule has 0 saturated carbocycles. The molecule has 1 amide bonds. The summed E-state index contributed by atoms with van der Waals surface area (Å²) in [6.07, 6.45) is 1.50. The molecule has 0 aliphatic carbocycles. The highest BCUT2D eigenvalue weighted by Gasteiger charge is 2.47. The number of aliphatic hydroxyl groups is 1. The number of aliphatic hydroxyl groups excluding tert-OH is 1. The summed E-state index contributed by atoms with van der Waals surface area (Å²) >= 11 is 0. The summed E-state index contributed by atoms with van der Waals surface area (Å²) in [5.74, 6) is 0.619. The molecule has 3 aromatic rings. The molecular formula is C25H25NO6. The van der Waals surface area contributed by atoms with E-state index in [-0.39, 0.29) is 23.8 Å². The minimum Gasteiger partial charge on any atom is -0.507 e. The van der Waals surface area contributed by atoms with Crippen molar-refractivity contribution in [1.82, 2.24) is 4.90 Å². The highest BCUT2D eigenvalue weighted by Crippen LogP contribution is 2.41. The van der Waals surface area contributed by atoms with Gasteiger partial charge in [-0.15, -0.1) is 0 Å². The van der Waals surface area contributed by atoms with Crippen LogP contribution in [0, 0.1) is 6.92 Å². The molecule has 1 fully saturated rings. The van der Waals surface area contributed by atoms with Gasteiger partial charge in [-0.1, -0.05) is 13.8 Å². The van der Waals surface area contributed by atoms with Crippen molar-refractivity contribution in [3.8, 4) is 5.75 Å². The molecule has 0 radical (unpaired) electrons. The smallest absolute Gasteiger partial charge is 0.296 e. The molecule has 7 nitrogen and oxygen atoms in total. The van der Waals surface area contributed by atoms with Crippen LogP contribution in [0.3, 0.4) is 0 Å². The molecule has 1 saturated heterocycles. The monoisotopic (exact) mass is 435 g/mol. The largest absolute Gasteiger partial charge is 0.507 e. The van der Waals surface area contributed by atoms with Gasteiger partial charge in [-0.25, -0.2) is 0 Å². The Hall–Kier alpha value is -3.74. The molecule has 2 aromatic heterocycles. The van der Waals surface area contributed by atoms with Gasteiger partial charge in [-0.05, 0) is 60.9 Å². The lowest BCUT2D eigenvalue weighted by atomic mass is 9.95. The van der Waals surface area contributed by atoms with E-state index in [2.05, 4.69) is 0 Å². The van der Waals surface area contributed by atoms with Crippen LogP contribution in [0.25, 0.3) is 5.76 Å². The highest BCUT2D eigenvalue weighted by molar-refractivity contribution is 6.46. The van der Waals surface area contributed by atoms with Gasteiger partial charge in [0.05, 0.1) is 25.5 Å². The van der Waals surface area contributed by atoms with Gasteiger partial charge in [-0.2, -0.15) is 0 Å². The van der Waals surface area contributed by atoms with Crippen molar-refractivity contribution < 1.29 is 28.3 Å². The Bertz CT molecular complexity index is 1190. The summed E-state index contributed by atoms with van der Waals surface area (Å²) in [5, 5.41) is 11.2. The summed E-state index contributed by atoms with van der Waals surface area (Å²) in [6.45, 7) is 5.87. The van der Waals surface area contributed by atoms with Crippen LogP contribution in [-0.2, 0) is 16.1 Å². The first kappa shape index (κ1) is 21.5. The van der Waals surface area contributed by atoms with Crippen LogP contribution >= 0.6 is 0 Å². The van der Waals surface area contributed by atoms with Crippen LogP contribution in [0.15, 0.2) is 63.1 Å². The fourth-order valence-electron chi connectivity index (χ4n) is 4.00. The van der Waals surface area contributed by atoms with Crippen molar-refractivity contribution in [2.24, 2.45) is 0 Å². The van der Waals surface area contributed by atoms with E-state index in [0.717, 1.165) is 5.56 Å². The number of carbonyl (C=O) groups excluding carboxylic acids is 2. The first-order chi connectivity index (χ1) is 15.3. The number of furan rings is 2. The molecule has 166 valence electrons. The lowest BCUT2D eigenvalue weighted by Gasteiger charge is -2.22. The van der Waals surface area contributed by atoms with E-state index >= 15 is 0 Å². The van der Waals surface area contributed by atoms with Crippen molar-refractivity contribution in [2.75, 3.05) is 7.11 Å². The summed E-state index contributed by atoms with van der Waals surface area (Å²) in [6, 6.07) is 11.2.